The standard InChI is InChI=1S/C9H7ClFNO2/c1-6(5-10)8-4-7(11)2-3-9(8)12(13)14/h2-4H,1,5H2. The Balaban J connectivity index is 3.29. The van der Waals surface area contributed by atoms with Crippen molar-refractivity contribution in [2.45, 2.75) is 0 Å². The molecule has 0 aliphatic heterocycles. The summed E-state index contributed by atoms with van der Waals surface area (Å²) in [4.78, 5) is 9.96. The Labute approximate surface area is 85.0 Å². The van der Waals surface area contributed by atoms with Crippen molar-refractivity contribution < 1.29 is 9.31 Å². The van der Waals surface area contributed by atoms with Gasteiger partial charge in [0.2, 0.25) is 0 Å². The van der Waals surface area contributed by atoms with Gasteiger partial charge in [-0.1, -0.05) is 6.58 Å². The van der Waals surface area contributed by atoms with Crippen LogP contribution in [0.1, 0.15) is 5.56 Å². The first-order chi connectivity index (χ1) is 6.56. The van der Waals surface area contributed by atoms with Crippen LogP contribution in [0.15, 0.2) is 24.8 Å². The van der Waals surface area contributed by atoms with Crippen LogP contribution < -0.4 is 0 Å². The lowest BCUT2D eigenvalue weighted by Gasteiger charge is -2.02. The van der Waals surface area contributed by atoms with Crippen LogP contribution in [-0.2, 0) is 0 Å². The Hall–Kier alpha value is -1.42. The van der Waals surface area contributed by atoms with Gasteiger partial charge in [-0.25, -0.2) is 4.39 Å². The van der Waals surface area contributed by atoms with Gasteiger partial charge in [0.15, 0.2) is 0 Å². The maximum absolute atomic E-state index is 12.8. The Morgan fingerprint density at radius 2 is 2.29 bits per heavy atom. The lowest BCUT2D eigenvalue weighted by atomic mass is 10.1. The van der Waals surface area contributed by atoms with Crippen molar-refractivity contribution in [3.05, 3.63) is 46.3 Å². The molecular formula is C9H7ClFNO2. The summed E-state index contributed by atoms with van der Waals surface area (Å²) in [5.41, 5.74) is 0.292. The van der Waals surface area contributed by atoms with Gasteiger partial charge < -0.3 is 0 Å². The third-order valence-electron chi connectivity index (χ3n) is 1.70. The summed E-state index contributed by atoms with van der Waals surface area (Å²) in [6.45, 7) is 3.52. The molecule has 14 heavy (non-hydrogen) atoms. The van der Waals surface area contributed by atoms with Crippen LogP contribution in [0, 0.1) is 15.9 Å². The SMILES string of the molecule is C=C(CCl)c1cc(F)ccc1[N+](=O)[O-]. The topological polar surface area (TPSA) is 43.1 Å². The second kappa shape index (κ2) is 4.19. The monoisotopic (exact) mass is 215 g/mol. The maximum Gasteiger partial charge on any atom is 0.277 e. The van der Waals surface area contributed by atoms with E-state index in [9.17, 15) is 14.5 Å². The van der Waals surface area contributed by atoms with Gasteiger partial charge in [-0.3, -0.25) is 10.1 Å². The van der Waals surface area contributed by atoms with Crippen molar-refractivity contribution in [3.8, 4) is 0 Å². The van der Waals surface area contributed by atoms with E-state index in [-0.39, 0.29) is 17.1 Å². The summed E-state index contributed by atoms with van der Waals surface area (Å²) in [6.07, 6.45) is 0. The summed E-state index contributed by atoms with van der Waals surface area (Å²) in [6, 6.07) is 3.19. The van der Waals surface area contributed by atoms with Crippen LogP contribution in [0.25, 0.3) is 5.57 Å². The van der Waals surface area contributed by atoms with E-state index in [1.54, 1.807) is 0 Å². The largest absolute Gasteiger partial charge is 0.277 e. The third kappa shape index (κ3) is 2.09. The van der Waals surface area contributed by atoms with Crippen molar-refractivity contribution in [2.75, 3.05) is 5.88 Å². The number of rotatable bonds is 3. The van der Waals surface area contributed by atoms with Gasteiger partial charge in [0, 0.05) is 11.9 Å². The molecular weight excluding hydrogens is 209 g/mol. The van der Waals surface area contributed by atoms with Gasteiger partial charge in [0.05, 0.1) is 10.5 Å². The Bertz CT molecular complexity index is 392. The minimum atomic E-state index is -0.591. The molecule has 1 aromatic carbocycles. The maximum atomic E-state index is 12.8. The summed E-state index contributed by atoms with van der Waals surface area (Å²) >= 11 is 5.47. The van der Waals surface area contributed by atoms with E-state index >= 15 is 0 Å². The molecule has 0 saturated carbocycles. The van der Waals surface area contributed by atoms with Gasteiger partial charge in [0.1, 0.15) is 5.82 Å². The molecule has 0 atom stereocenters. The highest BCUT2D eigenvalue weighted by Gasteiger charge is 2.15. The predicted octanol–water partition coefficient (Wildman–Crippen LogP) is 2.99. The average molecular weight is 216 g/mol. The molecule has 0 aromatic heterocycles. The molecule has 0 aliphatic carbocycles. The van der Waals surface area contributed by atoms with Gasteiger partial charge in [0.25, 0.3) is 5.69 Å². The van der Waals surface area contributed by atoms with Gasteiger partial charge in [-0.2, -0.15) is 0 Å². The zero-order valence-electron chi connectivity index (χ0n) is 7.17. The average Bonchev–Trinajstić information content (AvgIpc) is 2.16. The van der Waals surface area contributed by atoms with Gasteiger partial charge in [-0.05, 0) is 17.7 Å². The van der Waals surface area contributed by atoms with E-state index in [4.69, 9.17) is 11.6 Å². The number of hydrogen-bond donors (Lipinski definition) is 0. The molecule has 1 aromatic rings. The molecule has 0 N–H and O–H groups in total. The first kappa shape index (κ1) is 10.7. The van der Waals surface area contributed by atoms with Gasteiger partial charge in [-0.15, -0.1) is 11.6 Å². The van der Waals surface area contributed by atoms with Crippen LogP contribution in [0.5, 0.6) is 0 Å². The minimum absolute atomic E-state index is 0.0320. The van der Waals surface area contributed by atoms with Crippen LogP contribution in [0.4, 0.5) is 10.1 Å². The zero-order valence-corrected chi connectivity index (χ0v) is 7.92. The highest BCUT2D eigenvalue weighted by Crippen LogP contribution is 2.26. The first-order valence-corrected chi connectivity index (χ1v) is 4.27. The van der Waals surface area contributed by atoms with E-state index < -0.39 is 10.7 Å². The Morgan fingerprint density at radius 3 is 2.79 bits per heavy atom. The van der Waals surface area contributed by atoms with E-state index in [1.165, 1.54) is 0 Å². The highest BCUT2D eigenvalue weighted by molar-refractivity contribution is 6.23. The molecule has 74 valence electrons. The molecule has 3 nitrogen and oxygen atoms in total. The fraction of sp³-hybridized carbons (Fsp3) is 0.111. The van der Waals surface area contributed by atoms with Crippen LogP contribution in [-0.4, -0.2) is 10.8 Å². The van der Waals surface area contributed by atoms with Crippen LogP contribution in [0.3, 0.4) is 0 Å². The fourth-order valence-electron chi connectivity index (χ4n) is 1.02. The molecule has 0 amide bonds. The Kier molecular flexibility index (Phi) is 3.19. The summed E-state index contributed by atoms with van der Waals surface area (Å²) in [5.74, 6) is -0.513. The van der Waals surface area contributed by atoms with Crippen LogP contribution >= 0.6 is 11.6 Å². The smallest absolute Gasteiger partial charge is 0.258 e. The number of hydrogen-bond acceptors (Lipinski definition) is 2. The summed E-state index contributed by atoms with van der Waals surface area (Å²) < 4.78 is 12.8. The van der Waals surface area contributed by atoms with Crippen molar-refractivity contribution in [2.24, 2.45) is 0 Å². The molecule has 0 bridgehead atoms. The second-order valence-corrected chi connectivity index (χ2v) is 2.92. The number of halogens is 2. The number of benzene rings is 1. The zero-order chi connectivity index (χ0) is 10.7. The summed E-state index contributed by atoms with van der Waals surface area (Å²) in [7, 11) is 0. The molecule has 0 radical (unpaired) electrons. The molecule has 5 heteroatoms. The number of alkyl halides is 1. The van der Waals surface area contributed by atoms with Crippen molar-refractivity contribution in [3.63, 3.8) is 0 Å². The number of nitro groups is 1. The molecule has 0 spiro atoms. The lowest BCUT2D eigenvalue weighted by Crippen LogP contribution is -1.96. The molecule has 0 aliphatic rings. The normalized spacial score (nSPS) is 9.86. The fourth-order valence-corrected chi connectivity index (χ4v) is 1.17. The molecule has 0 saturated heterocycles. The van der Waals surface area contributed by atoms with Gasteiger partial charge >= 0.3 is 0 Å². The molecule has 0 fully saturated rings. The molecule has 0 heterocycles. The lowest BCUT2D eigenvalue weighted by molar-refractivity contribution is -0.385. The van der Waals surface area contributed by atoms with Crippen LogP contribution in [0.2, 0.25) is 0 Å². The highest BCUT2D eigenvalue weighted by atomic mass is 35.5. The Morgan fingerprint density at radius 1 is 1.64 bits per heavy atom. The van der Waals surface area contributed by atoms with E-state index in [1.807, 2.05) is 0 Å². The number of nitro benzene ring substituents is 1. The number of nitrogens with zero attached hydrogens (tertiary/aromatic N) is 1. The third-order valence-corrected chi connectivity index (χ3v) is 2.02. The number of allylic oxidation sites excluding steroid dienone is 1. The van der Waals surface area contributed by atoms with E-state index in [0.29, 0.717) is 5.57 Å². The predicted molar refractivity (Wildman–Crippen MR) is 52.8 cm³/mol. The van der Waals surface area contributed by atoms with E-state index in [2.05, 4.69) is 6.58 Å². The van der Waals surface area contributed by atoms with E-state index in [0.717, 1.165) is 18.2 Å². The van der Waals surface area contributed by atoms with Crippen molar-refractivity contribution >= 4 is 22.9 Å². The van der Waals surface area contributed by atoms with Crippen molar-refractivity contribution in [1.82, 2.24) is 0 Å². The molecule has 0 unspecified atom stereocenters. The van der Waals surface area contributed by atoms with Crippen molar-refractivity contribution in [1.29, 1.82) is 0 Å². The second-order valence-electron chi connectivity index (χ2n) is 2.66. The summed E-state index contributed by atoms with van der Waals surface area (Å²) in [5, 5.41) is 10.6. The first-order valence-electron chi connectivity index (χ1n) is 3.74. The minimum Gasteiger partial charge on any atom is -0.258 e. The quantitative estimate of drug-likeness (QED) is 0.442. The molecule has 1 rings (SSSR count).